The second kappa shape index (κ2) is 3.61. The summed E-state index contributed by atoms with van der Waals surface area (Å²) in [6, 6.07) is 10.8. The average Bonchev–Trinajstić information content (AvgIpc) is 1.85. The van der Waals surface area contributed by atoms with E-state index in [1.165, 1.54) is 10.0 Å². The molecule has 0 nitrogen and oxygen atoms in total. The molecule has 0 N–H and O–H groups in total. The van der Waals surface area contributed by atoms with E-state index in [4.69, 9.17) is 0 Å². The molecule has 0 unspecified atom stereocenters. The Labute approximate surface area is 73.5 Å². The van der Waals surface area contributed by atoms with Crippen LogP contribution >= 0.6 is 0 Å². The van der Waals surface area contributed by atoms with Crippen molar-refractivity contribution < 1.29 is 0 Å². The topological polar surface area (TPSA) is 0 Å². The molecule has 1 rings (SSSR count). The predicted octanol–water partition coefficient (Wildman–Crippen LogP) is 3.11. The standard InChI is InChI=1S/C7H7.3CH3.Sn/c1-7-5-3-2-4-6-7;;;;/h2-6H,1H2;3*1H3;. The molecule has 1 aromatic rings. The van der Waals surface area contributed by atoms with Crippen LogP contribution in [0.15, 0.2) is 30.3 Å². The molecule has 0 atom stereocenters. The first kappa shape index (κ1) is 9.11. The van der Waals surface area contributed by atoms with Crippen LogP contribution in [0.3, 0.4) is 0 Å². The van der Waals surface area contributed by atoms with Crippen molar-refractivity contribution in [1.82, 2.24) is 0 Å². The molecule has 0 aliphatic rings. The molecule has 0 saturated heterocycles. The van der Waals surface area contributed by atoms with E-state index in [2.05, 4.69) is 45.2 Å². The summed E-state index contributed by atoms with van der Waals surface area (Å²) in [5.74, 6) is 0. The van der Waals surface area contributed by atoms with Crippen LogP contribution in [0.2, 0.25) is 14.8 Å². The van der Waals surface area contributed by atoms with Gasteiger partial charge in [0.1, 0.15) is 0 Å². The van der Waals surface area contributed by atoms with Gasteiger partial charge in [-0.05, 0) is 0 Å². The third kappa shape index (κ3) is 3.80. The second-order valence-corrected chi connectivity index (χ2v) is 19.8. The second-order valence-electron chi connectivity index (χ2n) is 4.22. The van der Waals surface area contributed by atoms with Gasteiger partial charge in [0.15, 0.2) is 0 Å². The SMILES string of the molecule is [CH3][Sn]([CH3])([CH3])[CH2]c1ccccc1. The Kier molecular flexibility index (Phi) is 2.99. The van der Waals surface area contributed by atoms with Crippen molar-refractivity contribution in [2.45, 2.75) is 19.3 Å². The van der Waals surface area contributed by atoms with E-state index in [0.29, 0.717) is 0 Å². The third-order valence-corrected chi connectivity index (χ3v) is 5.77. The summed E-state index contributed by atoms with van der Waals surface area (Å²) < 4.78 is 1.37. The molecule has 0 amide bonds. The molecule has 0 radical (unpaired) electrons. The van der Waals surface area contributed by atoms with E-state index in [1.807, 2.05) is 0 Å². The Morgan fingerprint density at radius 3 is 2.00 bits per heavy atom. The van der Waals surface area contributed by atoms with Crippen LogP contribution < -0.4 is 0 Å². The first-order valence-electron chi connectivity index (χ1n) is 4.12. The molecule has 0 spiro atoms. The van der Waals surface area contributed by atoms with Crippen molar-refractivity contribution in [3.05, 3.63) is 35.9 Å². The fraction of sp³-hybridized carbons (Fsp3) is 0.400. The van der Waals surface area contributed by atoms with Gasteiger partial charge in [-0.2, -0.15) is 0 Å². The van der Waals surface area contributed by atoms with E-state index in [9.17, 15) is 0 Å². The Bertz CT molecular complexity index is 208. The summed E-state index contributed by atoms with van der Waals surface area (Å²) in [5.41, 5.74) is 1.52. The predicted molar refractivity (Wildman–Crippen MR) is 53.5 cm³/mol. The van der Waals surface area contributed by atoms with Crippen LogP contribution in [-0.4, -0.2) is 18.4 Å². The maximum absolute atomic E-state index is 2.47. The van der Waals surface area contributed by atoms with Gasteiger partial charge in [0, 0.05) is 0 Å². The first-order chi connectivity index (χ1) is 5.08. The van der Waals surface area contributed by atoms with Gasteiger partial charge in [0.2, 0.25) is 0 Å². The fourth-order valence-corrected chi connectivity index (χ4v) is 5.38. The number of rotatable bonds is 2. The number of hydrogen-bond donors (Lipinski definition) is 0. The molecule has 0 aromatic heterocycles. The van der Waals surface area contributed by atoms with Crippen LogP contribution in [0.25, 0.3) is 0 Å². The molecule has 1 heteroatoms. The molecule has 11 heavy (non-hydrogen) atoms. The molecule has 0 heterocycles. The molecule has 60 valence electrons. The Balaban J connectivity index is 2.66. The van der Waals surface area contributed by atoms with Gasteiger partial charge in [-0.1, -0.05) is 0 Å². The van der Waals surface area contributed by atoms with E-state index in [1.54, 1.807) is 0 Å². The summed E-state index contributed by atoms with van der Waals surface area (Å²) in [5, 5.41) is 0. The van der Waals surface area contributed by atoms with Crippen LogP contribution in [0.4, 0.5) is 0 Å². The van der Waals surface area contributed by atoms with Crippen molar-refractivity contribution in [3.8, 4) is 0 Å². The Morgan fingerprint density at radius 1 is 1.00 bits per heavy atom. The monoisotopic (exact) mass is 256 g/mol. The molecule has 0 bridgehead atoms. The van der Waals surface area contributed by atoms with Crippen LogP contribution in [0.1, 0.15) is 5.56 Å². The van der Waals surface area contributed by atoms with Crippen LogP contribution in [0, 0.1) is 0 Å². The van der Waals surface area contributed by atoms with Gasteiger partial charge < -0.3 is 0 Å². The summed E-state index contributed by atoms with van der Waals surface area (Å²) in [6.07, 6.45) is 0. The minimum absolute atomic E-state index is 1.37. The summed E-state index contributed by atoms with van der Waals surface area (Å²) in [6.45, 7) is 0. The fourth-order valence-electron chi connectivity index (χ4n) is 1.21. The summed E-state index contributed by atoms with van der Waals surface area (Å²) in [4.78, 5) is 7.42. The van der Waals surface area contributed by atoms with Crippen molar-refractivity contribution in [3.63, 3.8) is 0 Å². The zero-order valence-electron chi connectivity index (χ0n) is 7.59. The Morgan fingerprint density at radius 2 is 1.55 bits per heavy atom. The zero-order chi connectivity index (χ0) is 8.32. The molecule has 0 aliphatic heterocycles. The van der Waals surface area contributed by atoms with Gasteiger partial charge >= 0.3 is 73.5 Å². The van der Waals surface area contributed by atoms with Gasteiger partial charge in [-0.15, -0.1) is 0 Å². The molecular formula is C10H16Sn. The quantitative estimate of drug-likeness (QED) is 0.712. The summed E-state index contributed by atoms with van der Waals surface area (Å²) >= 11 is -1.56. The van der Waals surface area contributed by atoms with Crippen LogP contribution in [-0.2, 0) is 4.44 Å². The minimum atomic E-state index is -1.56. The van der Waals surface area contributed by atoms with Crippen molar-refractivity contribution >= 4 is 18.4 Å². The van der Waals surface area contributed by atoms with E-state index < -0.39 is 18.4 Å². The van der Waals surface area contributed by atoms with Crippen LogP contribution in [0.5, 0.6) is 0 Å². The van der Waals surface area contributed by atoms with Crippen molar-refractivity contribution in [2.75, 3.05) is 0 Å². The molecule has 0 aliphatic carbocycles. The molecule has 1 aromatic carbocycles. The normalized spacial score (nSPS) is 11.5. The number of benzene rings is 1. The maximum atomic E-state index is 2.47. The van der Waals surface area contributed by atoms with E-state index in [0.717, 1.165) is 0 Å². The van der Waals surface area contributed by atoms with E-state index >= 15 is 0 Å². The molecule has 0 saturated carbocycles. The zero-order valence-corrected chi connectivity index (χ0v) is 10.4. The Hall–Kier alpha value is 0.0187. The van der Waals surface area contributed by atoms with Crippen molar-refractivity contribution in [1.29, 1.82) is 0 Å². The van der Waals surface area contributed by atoms with Gasteiger partial charge in [-0.3, -0.25) is 0 Å². The van der Waals surface area contributed by atoms with Crippen molar-refractivity contribution in [2.24, 2.45) is 0 Å². The summed E-state index contributed by atoms with van der Waals surface area (Å²) in [7, 11) is 0. The first-order valence-corrected chi connectivity index (χ1v) is 14.7. The van der Waals surface area contributed by atoms with E-state index in [-0.39, 0.29) is 0 Å². The van der Waals surface area contributed by atoms with Gasteiger partial charge in [0.05, 0.1) is 0 Å². The average molecular weight is 255 g/mol. The third-order valence-electron chi connectivity index (χ3n) is 1.58. The van der Waals surface area contributed by atoms with Gasteiger partial charge in [-0.25, -0.2) is 0 Å². The molecule has 0 fully saturated rings. The number of hydrogen-bond acceptors (Lipinski definition) is 0. The van der Waals surface area contributed by atoms with Gasteiger partial charge in [0.25, 0.3) is 0 Å². The molecular weight excluding hydrogens is 239 g/mol.